The maximum atomic E-state index is 13.2. The summed E-state index contributed by atoms with van der Waals surface area (Å²) < 4.78 is 21.3. The van der Waals surface area contributed by atoms with Crippen LogP contribution in [0.15, 0.2) is 11.0 Å². The van der Waals surface area contributed by atoms with Crippen LogP contribution in [0.4, 0.5) is 0 Å². The maximum absolute atomic E-state index is 13.2. The minimum atomic E-state index is -2.47. The van der Waals surface area contributed by atoms with Crippen molar-refractivity contribution in [2.24, 2.45) is 0 Å². The molecule has 0 atom stereocenters. The Labute approximate surface area is 167 Å². The van der Waals surface area contributed by atoms with Gasteiger partial charge in [-0.3, -0.25) is 9.34 Å². The third kappa shape index (κ3) is 4.57. The molecular formula is C18H32N3O4PS. The van der Waals surface area contributed by atoms with Gasteiger partial charge in [-0.25, -0.2) is 4.79 Å². The number of nitrogens with zero attached hydrogens (tertiary/aromatic N) is 3. The molecule has 0 aromatic rings. The van der Waals surface area contributed by atoms with Crippen LogP contribution in [0.3, 0.4) is 0 Å². The highest BCUT2D eigenvalue weighted by Crippen LogP contribution is 2.62. The average Bonchev–Trinajstić information content (AvgIpc) is 3.24. The lowest BCUT2D eigenvalue weighted by Gasteiger charge is -2.46. The first-order valence-corrected chi connectivity index (χ1v) is 12.7. The van der Waals surface area contributed by atoms with Crippen LogP contribution in [-0.4, -0.2) is 92.5 Å². The minimum Gasteiger partial charge on any atom is -0.462 e. The number of rotatable bonds is 6. The fourth-order valence-corrected chi connectivity index (χ4v) is 8.79. The normalized spacial score (nSPS) is 24.0. The molecule has 0 spiro atoms. The van der Waals surface area contributed by atoms with Gasteiger partial charge in [0.2, 0.25) is 0 Å². The Hall–Kier alpha value is -0.500. The molecule has 0 saturated carbocycles. The van der Waals surface area contributed by atoms with E-state index in [9.17, 15) is 4.79 Å². The molecule has 0 amide bonds. The zero-order chi connectivity index (χ0) is 19.3. The third-order valence-corrected chi connectivity index (χ3v) is 10.8. The number of hydrogen-bond acceptors (Lipinski definition) is 6. The lowest BCUT2D eigenvalue weighted by Crippen LogP contribution is -2.44. The molecule has 3 heterocycles. The number of allylic oxidation sites excluding steroid dienone is 1. The van der Waals surface area contributed by atoms with Gasteiger partial charge in [-0.1, -0.05) is 11.8 Å². The van der Waals surface area contributed by atoms with E-state index in [0.29, 0.717) is 38.3 Å². The number of likely N-dealkylation sites (tertiary alicyclic amines) is 1. The number of hydrogen-bond donors (Lipinski definition) is 0. The number of carbonyl (C=O) groups excluding carboxylic acids is 1. The van der Waals surface area contributed by atoms with Crippen LogP contribution in [0.25, 0.3) is 0 Å². The summed E-state index contributed by atoms with van der Waals surface area (Å²) in [5.41, 5.74) is 1.01. The van der Waals surface area contributed by atoms with Gasteiger partial charge < -0.3 is 19.1 Å². The van der Waals surface area contributed by atoms with Gasteiger partial charge in [-0.05, 0) is 26.7 Å². The molecule has 3 rings (SSSR count). The number of carbonyl (C=O) groups is 1. The second-order valence-electron chi connectivity index (χ2n) is 7.02. The lowest BCUT2D eigenvalue weighted by atomic mass is 10.4. The van der Waals surface area contributed by atoms with E-state index in [-0.39, 0.29) is 5.97 Å². The fourth-order valence-electron chi connectivity index (χ4n) is 3.99. The molecule has 0 N–H and O–H groups in total. The molecule has 0 radical (unpaired) electrons. The molecule has 7 nitrogen and oxygen atoms in total. The van der Waals surface area contributed by atoms with Crippen LogP contribution in [-0.2, 0) is 30.8 Å². The Kier molecular flexibility index (Phi) is 7.71. The van der Waals surface area contributed by atoms with Crippen LogP contribution < -0.4 is 0 Å². The molecule has 27 heavy (non-hydrogen) atoms. The van der Waals surface area contributed by atoms with Crippen molar-refractivity contribution >= 4 is 24.1 Å². The minimum absolute atomic E-state index is 0.247. The summed E-state index contributed by atoms with van der Waals surface area (Å²) in [6.07, 6.45) is -0.155. The predicted octanol–water partition coefficient (Wildman–Crippen LogP) is 1.85. The standard InChI is InChI=1S/C18H32N3O4PS/c1-3-25-18(22)17(16(2)19-6-4-5-7-19)26(27,20-8-12-23-13-9-20)21-10-14-24-15-11-21/h3-15H2,1-2H3. The van der Waals surface area contributed by atoms with Gasteiger partial charge >= 0.3 is 5.97 Å². The highest BCUT2D eigenvalue weighted by Gasteiger charge is 2.43. The lowest BCUT2D eigenvalue weighted by molar-refractivity contribution is -0.137. The summed E-state index contributed by atoms with van der Waals surface area (Å²) in [6.45, 7) is 11.9. The van der Waals surface area contributed by atoms with E-state index >= 15 is 0 Å². The summed E-state index contributed by atoms with van der Waals surface area (Å²) in [5, 5.41) is 0.713. The molecule has 0 unspecified atom stereocenters. The first-order chi connectivity index (χ1) is 13.1. The van der Waals surface area contributed by atoms with Crippen LogP contribution in [0.5, 0.6) is 0 Å². The van der Waals surface area contributed by atoms with Crippen molar-refractivity contribution in [3.63, 3.8) is 0 Å². The van der Waals surface area contributed by atoms with Gasteiger partial charge in [0.1, 0.15) is 11.7 Å². The Bertz CT molecular complexity index is 575. The van der Waals surface area contributed by atoms with Gasteiger partial charge in [0, 0.05) is 45.0 Å². The second-order valence-corrected chi connectivity index (χ2v) is 11.2. The van der Waals surface area contributed by atoms with Crippen LogP contribution in [0.2, 0.25) is 0 Å². The summed E-state index contributed by atoms with van der Waals surface area (Å²) >= 11 is 6.43. The number of esters is 1. The predicted molar refractivity (Wildman–Crippen MR) is 109 cm³/mol. The zero-order valence-electron chi connectivity index (χ0n) is 16.5. The molecule has 3 fully saturated rings. The first kappa shape index (κ1) is 21.2. The molecule has 0 aromatic carbocycles. The van der Waals surface area contributed by atoms with Gasteiger partial charge in [0.15, 0.2) is 0 Å². The van der Waals surface area contributed by atoms with Gasteiger partial charge in [0.25, 0.3) is 0 Å². The van der Waals surface area contributed by atoms with E-state index in [1.165, 1.54) is 0 Å². The molecule has 0 aromatic heterocycles. The van der Waals surface area contributed by atoms with E-state index in [2.05, 4.69) is 21.2 Å². The topological polar surface area (TPSA) is 54.5 Å². The molecule has 3 aliphatic heterocycles. The number of ether oxygens (including phenoxy) is 3. The van der Waals surface area contributed by atoms with Gasteiger partial charge in [-0.15, -0.1) is 0 Å². The highest BCUT2D eigenvalue weighted by atomic mass is 32.4. The Morgan fingerprint density at radius 1 is 0.963 bits per heavy atom. The largest absolute Gasteiger partial charge is 0.462 e. The summed E-state index contributed by atoms with van der Waals surface area (Å²) in [7, 11) is 0. The smallest absolute Gasteiger partial charge is 0.343 e. The first-order valence-electron chi connectivity index (χ1n) is 9.99. The van der Waals surface area contributed by atoms with E-state index in [0.717, 1.165) is 57.8 Å². The summed E-state index contributed by atoms with van der Waals surface area (Å²) in [4.78, 5) is 15.5. The van der Waals surface area contributed by atoms with E-state index in [1.54, 1.807) is 0 Å². The van der Waals surface area contributed by atoms with Gasteiger partial charge in [0.05, 0.1) is 33.0 Å². The summed E-state index contributed by atoms with van der Waals surface area (Å²) in [5.74, 6) is -0.247. The Morgan fingerprint density at radius 2 is 1.44 bits per heavy atom. The van der Waals surface area contributed by atoms with Crippen molar-refractivity contribution in [3.8, 4) is 0 Å². The fraction of sp³-hybridized carbons (Fsp3) is 0.833. The molecule has 3 saturated heterocycles. The average molecular weight is 418 g/mol. The molecule has 154 valence electrons. The molecule has 3 aliphatic rings. The van der Waals surface area contributed by atoms with Crippen molar-refractivity contribution in [1.29, 1.82) is 0 Å². The Balaban J connectivity index is 2.06. The molecule has 9 heteroatoms. The van der Waals surface area contributed by atoms with Crippen LogP contribution >= 0.6 is 6.34 Å². The van der Waals surface area contributed by atoms with E-state index < -0.39 is 6.34 Å². The van der Waals surface area contributed by atoms with Crippen molar-refractivity contribution in [2.75, 3.05) is 72.3 Å². The molecule has 0 aliphatic carbocycles. The van der Waals surface area contributed by atoms with Crippen molar-refractivity contribution in [1.82, 2.24) is 14.2 Å². The zero-order valence-corrected chi connectivity index (χ0v) is 18.2. The van der Waals surface area contributed by atoms with Crippen LogP contribution in [0, 0.1) is 0 Å². The Morgan fingerprint density at radius 3 is 1.89 bits per heavy atom. The van der Waals surface area contributed by atoms with Crippen LogP contribution in [0.1, 0.15) is 26.7 Å². The monoisotopic (exact) mass is 417 g/mol. The maximum Gasteiger partial charge on any atom is 0.343 e. The van der Waals surface area contributed by atoms with E-state index in [1.807, 2.05) is 6.92 Å². The second kappa shape index (κ2) is 9.81. The van der Waals surface area contributed by atoms with Gasteiger partial charge in [-0.2, -0.15) is 0 Å². The molecular weight excluding hydrogens is 385 g/mol. The van der Waals surface area contributed by atoms with Crippen molar-refractivity contribution < 1.29 is 19.0 Å². The SMILES string of the molecule is CCOC(=O)C(=C(C)N1CCCC1)P(=S)(N1CCOCC1)N1CCOCC1. The highest BCUT2D eigenvalue weighted by molar-refractivity contribution is 8.14. The third-order valence-electron chi connectivity index (χ3n) is 5.42. The van der Waals surface area contributed by atoms with Crippen molar-refractivity contribution in [2.45, 2.75) is 26.7 Å². The van der Waals surface area contributed by atoms with E-state index in [4.69, 9.17) is 26.0 Å². The number of morpholine rings is 2. The summed E-state index contributed by atoms with van der Waals surface area (Å²) in [6, 6.07) is 0. The molecule has 0 bridgehead atoms. The quantitative estimate of drug-likeness (QED) is 0.369. The van der Waals surface area contributed by atoms with Crippen molar-refractivity contribution in [3.05, 3.63) is 11.0 Å².